The van der Waals surface area contributed by atoms with Crippen LogP contribution >= 0.6 is 0 Å². The molecule has 5 atom stereocenters. The number of primary amides is 1. The number of carbonyl (C=O) groups excluding carboxylic acids is 3. The molecule has 0 aliphatic heterocycles. The van der Waals surface area contributed by atoms with Gasteiger partial charge in [0.15, 0.2) is 11.4 Å². The molecule has 11 nitrogen and oxygen atoms in total. The number of aliphatic hydroxyl groups is 4. The summed E-state index contributed by atoms with van der Waals surface area (Å²) in [6, 6.07) is 1.49. The molecule has 0 unspecified atom stereocenters. The van der Waals surface area contributed by atoms with Crippen LogP contribution in [0.25, 0.3) is 5.76 Å². The third kappa shape index (κ3) is 2.66. The number of hydrogen-bond donors (Lipinski definition) is 7. The number of ketones is 2. The first kappa shape index (κ1) is 22.6. The third-order valence-corrected chi connectivity index (χ3v) is 7.08. The Balaban J connectivity index is 2.06. The van der Waals surface area contributed by atoms with Crippen molar-refractivity contribution in [3.8, 4) is 5.75 Å². The van der Waals surface area contributed by atoms with Gasteiger partial charge in [0.05, 0.1) is 17.4 Å². The van der Waals surface area contributed by atoms with Crippen LogP contribution in [0.5, 0.6) is 5.75 Å². The standard InChI is InChI=1S/C22H25N3O8/c1-6-11-9(25(2)3)5-8(23)17(28)14(11)18(29)15-12(6)16(27)7-4-10(26)13(21(24)32)19(30)22(7,33)20(15)31/h5-7,12,16,27-30,33H,4,23H2,1-3H3,(H2,24,32)/t6-,7-,12-,16+,22-/m1/s1. The second-order valence-corrected chi connectivity index (χ2v) is 9.00. The summed E-state index contributed by atoms with van der Waals surface area (Å²) >= 11 is 0. The summed E-state index contributed by atoms with van der Waals surface area (Å²) < 4.78 is 0. The summed E-state index contributed by atoms with van der Waals surface area (Å²) in [7, 11) is 3.43. The lowest BCUT2D eigenvalue weighted by atomic mass is 9.55. The van der Waals surface area contributed by atoms with Crippen molar-refractivity contribution < 1.29 is 39.9 Å². The lowest BCUT2D eigenvalue weighted by Gasteiger charge is -2.50. The van der Waals surface area contributed by atoms with Gasteiger partial charge in [-0.25, -0.2) is 0 Å². The van der Waals surface area contributed by atoms with Gasteiger partial charge in [0.2, 0.25) is 5.78 Å². The highest BCUT2D eigenvalue weighted by atomic mass is 16.4. The SMILES string of the molecule is C[C@@H]1c2c(N(C)C)cc(N)c(O)c2C(O)=C2C(=O)[C@]3(O)C(O)=C(C(N)=O)C(=O)C[C@@H]3[C@H](O)[C@@H]21. The van der Waals surface area contributed by atoms with Crippen LogP contribution in [0.4, 0.5) is 11.4 Å². The smallest absolute Gasteiger partial charge is 0.255 e. The van der Waals surface area contributed by atoms with Crippen molar-refractivity contribution in [1.29, 1.82) is 0 Å². The van der Waals surface area contributed by atoms with Crippen molar-refractivity contribution in [3.63, 3.8) is 0 Å². The van der Waals surface area contributed by atoms with Crippen molar-refractivity contribution >= 4 is 34.6 Å². The number of Topliss-reactive ketones (excluding diaryl/α,β-unsaturated/α-hetero) is 2. The van der Waals surface area contributed by atoms with Gasteiger partial charge < -0.3 is 41.9 Å². The van der Waals surface area contributed by atoms with E-state index in [2.05, 4.69) is 0 Å². The molecule has 3 aliphatic rings. The number of fused-ring (bicyclic) bond motifs is 3. The molecule has 1 aromatic carbocycles. The number of aliphatic hydroxyl groups excluding tert-OH is 3. The van der Waals surface area contributed by atoms with Crippen LogP contribution in [0.3, 0.4) is 0 Å². The fourth-order valence-electron chi connectivity index (χ4n) is 5.51. The topological polar surface area (TPSA) is 208 Å². The van der Waals surface area contributed by atoms with Gasteiger partial charge in [-0.3, -0.25) is 14.4 Å². The fourth-order valence-corrected chi connectivity index (χ4v) is 5.51. The summed E-state index contributed by atoms with van der Waals surface area (Å²) in [6.07, 6.45) is -2.20. The van der Waals surface area contributed by atoms with Crippen LogP contribution in [0.15, 0.2) is 23.0 Å². The van der Waals surface area contributed by atoms with E-state index in [1.54, 1.807) is 25.9 Å². The quantitative estimate of drug-likeness (QED) is 0.173. The Hall–Kier alpha value is -3.57. The summed E-state index contributed by atoms with van der Waals surface area (Å²) in [5.41, 5.74) is 7.56. The second-order valence-electron chi connectivity index (χ2n) is 9.00. The lowest BCUT2D eigenvalue weighted by Crippen LogP contribution is -2.64. The number of nitrogen functional groups attached to an aromatic ring is 1. The van der Waals surface area contributed by atoms with Crippen LogP contribution in [-0.2, 0) is 14.4 Å². The number of nitrogens with two attached hydrogens (primary N) is 2. The molecule has 1 aromatic rings. The largest absolute Gasteiger partial charge is 0.508 e. The predicted molar refractivity (Wildman–Crippen MR) is 116 cm³/mol. The van der Waals surface area contributed by atoms with Gasteiger partial charge in [-0.1, -0.05) is 6.92 Å². The summed E-state index contributed by atoms with van der Waals surface area (Å²) in [5, 5.41) is 54.9. The van der Waals surface area contributed by atoms with Crippen LogP contribution in [0.2, 0.25) is 0 Å². The van der Waals surface area contributed by atoms with E-state index in [0.717, 1.165) is 0 Å². The minimum Gasteiger partial charge on any atom is -0.508 e. The van der Waals surface area contributed by atoms with Crippen molar-refractivity contribution in [2.45, 2.75) is 31.0 Å². The number of aromatic hydroxyl groups is 1. The third-order valence-electron chi connectivity index (χ3n) is 7.08. The molecule has 1 fully saturated rings. The van der Waals surface area contributed by atoms with Crippen molar-refractivity contribution in [2.24, 2.45) is 17.6 Å². The molecule has 0 saturated heterocycles. The Morgan fingerprint density at radius 2 is 1.82 bits per heavy atom. The van der Waals surface area contributed by atoms with Crippen LogP contribution in [0.1, 0.15) is 30.4 Å². The highest BCUT2D eigenvalue weighted by molar-refractivity contribution is 6.23. The maximum atomic E-state index is 13.6. The predicted octanol–water partition coefficient (Wildman–Crippen LogP) is -0.396. The van der Waals surface area contributed by atoms with E-state index >= 15 is 0 Å². The number of amides is 1. The molecule has 0 heterocycles. The number of phenolic OH excluding ortho intramolecular Hbond substituents is 1. The number of carbonyl (C=O) groups is 3. The average Bonchev–Trinajstić information content (AvgIpc) is 2.72. The van der Waals surface area contributed by atoms with E-state index in [4.69, 9.17) is 11.5 Å². The molecule has 3 aliphatic carbocycles. The van der Waals surface area contributed by atoms with E-state index in [1.165, 1.54) is 6.07 Å². The maximum Gasteiger partial charge on any atom is 0.255 e. The number of rotatable bonds is 2. The zero-order valence-electron chi connectivity index (χ0n) is 18.2. The Bertz CT molecular complexity index is 1200. The maximum absolute atomic E-state index is 13.6. The van der Waals surface area contributed by atoms with Crippen LogP contribution in [0, 0.1) is 11.8 Å². The zero-order chi connectivity index (χ0) is 24.7. The van der Waals surface area contributed by atoms with Gasteiger partial charge in [-0.2, -0.15) is 0 Å². The number of phenols is 1. The van der Waals surface area contributed by atoms with Gasteiger partial charge in [-0.05, 0) is 17.5 Å². The van der Waals surface area contributed by atoms with E-state index in [0.29, 0.717) is 11.3 Å². The second kappa shape index (κ2) is 6.96. The van der Waals surface area contributed by atoms with Gasteiger partial charge in [0.25, 0.3) is 5.91 Å². The van der Waals surface area contributed by atoms with Gasteiger partial charge in [0.1, 0.15) is 22.8 Å². The van der Waals surface area contributed by atoms with E-state index in [-0.39, 0.29) is 11.3 Å². The van der Waals surface area contributed by atoms with E-state index in [9.17, 15) is 39.9 Å². The van der Waals surface area contributed by atoms with Gasteiger partial charge in [-0.15, -0.1) is 0 Å². The molecule has 4 rings (SSSR count). The monoisotopic (exact) mass is 459 g/mol. The Kier molecular flexibility index (Phi) is 4.77. The van der Waals surface area contributed by atoms with Gasteiger partial charge >= 0.3 is 0 Å². The number of benzene rings is 1. The van der Waals surface area contributed by atoms with Crippen LogP contribution < -0.4 is 16.4 Å². The molecule has 0 aromatic heterocycles. The highest BCUT2D eigenvalue weighted by Crippen LogP contribution is 2.57. The minimum atomic E-state index is -2.87. The zero-order valence-corrected chi connectivity index (χ0v) is 18.2. The van der Waals surface area contributed by atoms with Crippen molar-refractivity contribution in [1.82, 2.24) is 0 Å². The minimum absolute atomic E-state index is 0.0716. The average molecular weight is 459 g/mol. The first-order valence-corrected chi connectivity index (χ1v) is 10.2. The molecule has 33 heavy (non-hydrogen) atoms. The molecule has 176 valence electrons. The number of nitrogens with zero attached hydrogens (tertiary/aromatic N) is 1. The normalized spacial score (nSPS) is 31.2. The number of hydrogen-bond acceptors (Lipinski definition) is 10. The Labute approximate surface area is 188 Å². The van der Waals surface area contributed by atoms with Gasteiger partial charge in [0, 0.05) is 43.6 Å². The lowest BCUT2D eigenvalue weighted by molar-refractivity contribution is -0.160. The Morgan fingerprint density at radius 3 is 2.36 bits per heavy atom. The molecular formula is C22H25N3O8. The van der Waals surface area contributed by atoms with Crippen LogP contribution in [-0.4, -0.2) is 68.8 Å². The molecule has 0 radical (unpaired) electrons. The van der Waals surface area contributed by atoms with Crippen molar-refractivity contribution in [3.05, 3.63) is 34.1 Å². The highest BCUT2D eigenvalue weighted by Gasteiger charge is 2.65. The summed E-state index contributed by atoms with van der Waals surface area (Å²) in [5.74, 6) is -9.18. The molecular weight excluding hydrogens is 434 g/mol. The molecule has 11 heteroatoms. The molecule has 0 spiro atoms. The summed E-state index contributed by atoms with van der Waals surface area (Å²) in [4.78, 5) is 39.4. The van der Waals surface area contributed by atoms with Crippen molar-refractivity contribution in [2.75, 3.05) is 24.7 Å². The first-order chi connectivity index (χ1) is 15.3. The molecule has 1 amide bonds. The first-order valence-electron chi connectivity index (χ1n) is 10.2. The number of anilines is 2. The molecule has 0 bridgehead atoms. The van der Waals surface area contributed by atoms with E-state index in [1.807, 2.05) is 0 Å². The molecule has 1 saturated carbocycles. The van der Waals surface area contributed by atoms with E-state index < -0.39 is 81.8 Å². The molecule has 9 N–H and O–H groups in total. The fraction of sp³-hybridized carbons (Fsp3) is 0.409. The summed E-state index contributed by atoms with van der Waals surface area (Å²) in [6.45, 7) is 1.66. The Morgan fingerprint density at radius 1 is 1.21 bits per heavy atom.